The highest BCUT2D eigenvalue weighted by molar-refractivity contribution is 9.10. The molecular formula is C21H27BrN2O4. The van der Waals surface area contributed by atoms with Gasteiger partial charge in [-0.3, -0.25) is 4.79 Å². The Hall–Kier alpha value is -2.12. The van der Waals surface area contributed by atoms with E-state index in [1.807, 2.05) is 30.3 Å². The van der Waals surface area contributed by atoms with Crippen molar-refractivity contribution in [2.45, 2.75) is 51.9 Å². The zero-order valence-electron chi connectivity index (χ0n) is 16.5. The van der Waals surface area contributed by atoms with E-state index in [0.29, 0.717) is 13.0 Å². The van der Waals surface area contributed by atoms with Crippen LogP contribution < -0.4 is 11.1 Å². The van der Waals surface area contributed by atoms with Crippen LogP contribution in [-0.2, 0) is 20.9 Å². The molecule has 1 atom stereocenters. The first-order chi connectivity index (χ1) is 13.1. The Labute approximate surface area is 173 Å². The summed E-state index contributed by atoms with van der Waals surface area (Å²) in [6.07, 6.45) is 0.00806. The maximum absolute atomic E-state index is 12.0. The van der Waals surface area contributed by atoms with E-state index >= 15 is 0 Å². The Balaban J connectivity index is 1.94. The molecule has 0 spiro atoms. The van der Waals surface area contributed by atoms with Gasteiger partial charge in [-0.2, -0.15) is 0 Å². The summed E-state index contributed by atoms with van der Waals surface area (Å²) in [6, 6.07) is 11.8. The largest absolute Gasteiger partial charge is 0.444 e. The van der Waals surface area contributed by atoms with Crippen LogP contribution in [0.3, 0.4) is 0 Å². The molecule has 0 fully saturated rings. The van der Waals surface area contributed by atoms with Crippen LogP contribution in [-0.4, -0.2) is 30.3 Å². The van der Waals surface area contributed by atoms with Gasteiger partial charge in [-0.25, -0.2) is 4.79 Å². The van der Waals surface area contributed by atoms with Crippen molar-refractivity contribution in [2.24, 2.45) is 5.73 Å². The van der Waals surface area contributed by atoms with Gasteiger partial charge in [0.2, 0.25) is 5.91 Å². The summed E-state index contributed by atoms with van der Waals surface area (Å²) < 4.78 is 12.1. The molecule has 152 valence electrons. The monoisotopic (exact) mass is 450 g/mol. The molecule has 2 aromatic carbocycles. The molecule has 2 aromatic rings. The number of primary amides is 1. The number of carbonyl (C=O) groups excluding carboxylic acids is 2. The zero-order chi connectivity index (χ0) is 20.7. The molecule has 3 N–H and O–H groups in total. The van der Waals surface area contributed by atoms with Crippen molar-refractivity contribution < 1.29 is 19.1 Å². The predicted molar refractivity (Wildman–Crippen MR) is 113 cm³/mol. The van der Waals surface area contributed by atoms with Crippen LogP contribution in [0.1, 0.15) is 39.2 Å². The number of amides is 2. The fourth-order valence-electron chi connectivity index (χ4n) is 2.69. The molecule has 7 heteroatoms. The average molecular weight is 451 g/mol. The van der Waals surface area contributed by atoms with E-state index in [1.165, 1.54) is 0 Å². The van der Waals surface area contributed by atoms with Gasteiger partial charge < -0.3 is 20.5 Å². The lowest BCUT2D eigenvalue weighted by Crippen LogP contribution is -2.42. The van der Waals surface area contributed by atoms with Gasteiger partial charge in [0, 0.05) is 10.9 Å². The summed E-state index contributed by atoms with van der Waals surface area (Å²) in [5.41, 5.74) is 5.66. The summed E-state index contributed by atoms with van der Waals surface area (Å²) in [5.74, 6) is -0.420. The Morgan fingerprint density at radius 3 is 2.64 bits per heavy atom. The topological polar surface area (TPSA) is 90.6 Å². The number of nitrogens with one attached hydrogen (secondary N) is 1. The standard InChI is InChI=1S/C21H27BrN2O4/c1-21(2,3)28-20(26)24-16(8-10-19(23)25)13-27-12-14-7-9-17-15(11-14)5-4-6-18(17)22/h4-7,9,11,16H,8,10,12-13H2,1-3H3,(H2,23,25)(H,24,26). The second kappa shape index (κ2) is 9.89. The molecule has 0 aliphatic carbocycles. The molecule has 0 aliphatic heterocycles. The van der Waals surface area contributed by atoms with Gasteiger partial charge in [0.1, 0.15) is 5.60 Å². The normalized spacial score (nSPS) is 12.6. The van der Waals surface area contributed by atoms with Crippen LogP contribution >= 0.6 is 15.9 Å². The third-order valence-electron chi connectivity index (χ3n) is 3.94. The summed E-state index contributed by atoms with van der Waals surface area (Å²) in [5, 5.41) is 5.01. The summed E-state index contributed by atoms with van der Waals surface area (Å²) in [7, 11) is 0. The minimum atomic E-state index is -0.599. The number of carbonyl (C=O) groups is 2. The minimum Gasteiger partial charge on any atom is -0.444 e. The lowest BCUT2D eigenvalue weighted by molar-refractivity contribution is -0.118. The van der Waals surface area contributed by atoms with E-state index in [4.69, 9.17) is 15.2 Å². The van der Waals surface area contributed by atoms with E-state index in [2.05, 4.69) is 27.3 Å². The summed E-state index contributed by atoms with van der Waals surface area (Å²) in [4.78, 5) is 23.1. The average Bonchev–Trinajstić information content (AvgIpc) is 2.58. The van der Waals surface area contributed by atoms with E-state index in [1.54, 1.807) is 20.8 Å². The van der Waals surface area contributed by atoms with E-state index < -0.39 is 17.6 Å². The van der Waals surface area contributed by atoms with Crippen LogP contribution in [0.25, 0.3) is 10.8 Å². The minimum absolute atomic E-state index is 0.161. The Bertz CT molecular complexity index is 833. The van der Waals surface area contributed by atoms with Gasteiger partial charge in [0.05, 0.1) is 19.3 Å². The van der Waals surface area contributed by atoms with Gasteiger partial charge >= 0.3 is 6.09 Å². The molecule has 0 saturated heterocycles. The molecule has 0 bridgehead atoms. The highest BCUT2D eigenvalue weighted by atomic mass is 79.9. The first-order valence-electron chi connectivity index (χ1n) is 9.17. The van der Waals surface area contributed by atoms with E-state index in [0.717, 1.165) is 20.8 Å². The third-order valence-corrected chi connectivity index (χ3v) is 4.63. The van der Waals surface area contributed by atoms with Crippen molar-refractivity contribution in [3.63, 3.8) is 0 Å². The number of benzene rings is 2. The fourth-order valence-corrected chi connectivity index (χ4v) is 3.20. The van der Waals surface area contributed by atoms with Gasteiger partial charge in [-0.1, -0.05) is 40.2 Å². The van der Waals surface area contributed by atoms with Crippen LogP contribution in [0.2, 0.25) is 0 Å². The number of halogens is 1. The molecule has 0 aliphatic rings. The molecule has 0 radical (unpaired) electrons. The van der Waals surface area contributed by atoms with Crippen molar-refractivity contribution in [3.8, 4) is 0 Å². The quantitative estimate of drug-likeness (QED) is 0.627. The molecule has 2 rings (SSSR count). The second-order valence-corrected chi connectivity index (χ2v) is 8.51. The molecule has 6 nitrogen and oxygen atoms in total. The van der Waals surface area contributed by atoms with E-state index in [-0.39, 0.29) is 19.1 Å². The number of hydrogen-bond acceptors (Lipinski definition) is 4. The Morgan fingerprint density at radius 2 is 1.96 bits per heavy atom. The highest BCUT2D eigenvalue weighted by Crippen LogP contribution is 2.24. The van der Waals surface area contributed by atoms with E-state index in [9.17, 15) is 9.59 Å². The smallest absolute Gasteiger partial charge is 0.407 e. The molecule has 0 saturated carbocycles. The van der Waals surface area contributed by atoms with Crippen molar-refractivity contribution in [1.29, 1.82) is 0 Å². The van der Waals surface area contributed by atoms with Crippen molar-refractivity contribution >= 4 is 38.7 Å². The Kier molecular flexibility index (Phi) is 7.83. The first kappa shape index (κ1) is 22.2. The predicted octanol–water partition coefficient (Wildman–Crippen LogP) is 4.28. The van der Waals surface area contributed by atoms with Gasteiger partial charge in [0.15, 0.2) is 0 Å². The number of fused-ring (bicyclic) bond motifs is 1. The van der Waals surface area contributed by atoms with Crippen LogP contribution in [0.15, 0.2) is 40.9 Å². The highest BCUT2D eigenvalue weighted by Gasteiger charge is 2.20. The maximum atomic E-state index is 12.0. The lowest BCUT2D eigenvalue weighted by atomic mass is 10.1. The molecule has 0 heterocycles. The number of alkyl carbamates (subject to hydrolysis) is 1. The molecule has 28 heavy (non-hydrogen) atoms. The van der Waals surface area contributed by atoms with Crippen molar-refractivity contribution in [2.75, 3.05) is 6.61 Å². The fraction of sp³-hybridized carbons (Fsp3) is 0.429. The summed E-state index contributed by atoms with van der Waals surface area (Å²) >= 11 is 3.54. The lowest BCUT2D eigenvalue weighted by Gasteiger charge is -2.23. The molecule has 0 aromatic heterocycles. The van der Waals surface area contributed by atoms with Gasteiger partial charge in [-0.05, 0) is 55.7 Å². The Morgan fingerprint density at radius 1 is 1.21 bits per heavy atom. The van der Waals surface area contributed by atoms with Crippen molar-refractivity contribution in [1.82, 2.24) is 5.32 Å². The molecular weight excluding hydrogens is 424 g/mol. The number of nitrogens with two attached hydrogens (primary N) is 1. The SMILES string of the molecule is CC(C)(C)OC(=O)NC(CCC(N)=O)COCc1ccc2c(Br)cccc2c1. The van der Waals surface area contributed by atoms with Crippen LogP contribution in [0, 0.1) is 0 Å². The molecule has 2 amide bonds. The number of rotatable bonds is 8. The molecule has 1 unspecified atom stereocenters. The van der Waals surface area contributed by atoms with Gasteiger partial charge in [-0.15, -0.1) is 0 Å². The third kappa shape index (κ3) is 7.48. The van der Waals surface area contributed by atoms with Crippen LogP contribution in [0.4, 0.5) is 4.79 Å². The first-order valence-corrected chi connectivity index (χ1v) is 9.96. The zero-order valence-corrected chi connectivity index (χ0v) is 18.0. The number of ether oxygens (including phenoxy) is 2. The van der Waals surface area contributed by atoms with Crippen LogP contribution in [0.5, 0.6) is 0 Å². The second-order valence-electron chi connectivity index (χ2n) is 7.66. The van der Waals surface area contributed by atoms with Gasteiger partial charge in [0.25, 0.3) is 0 Å². The maximum Gasteiger partial charge on any atom is 0.407 e. The number of hydrogen-bond donors (Lipinski definition) is 2. The van der Waals surface area contributed by atoms with Crippen molar-refractivity contribution in [3.05, 3.63) is 46.4 Å². The summed E-state index contributed by atoms with van der Waals surface area (Å²) in [6.45, 7) is 6.02.